The van der Waals surface area contributed by atoms with Crippen molar-refractivity contribution in [2.24, 2.45) is 0 Å². The number of aldehydes is 1. The molecule has 1 aromatic carbocycles. The van der Waals surface area contributed by atoms with Crippen molar-refractivity contribution in [2.75, 3.05) is 64.7 Å². The number of anilines is 1. The van der Waals surface area contributed by atoms with E-state index in [2.05, 4.69) is 15.7 Å². The van der Waals surface area contributed by atoms with Gasteiger partial charge in [0.1, 0.15) is 12.3 Å². The highest BCUT2D eigenvalue weighted by atomic mass is 16.6. The van der Waals surface area contributed by atoms with Crippen LogP contribution in [0, 0.1) is 0 Å². The van der Waals surface area contributed by atoms with Gasteiger partial charge in [-0.25, -0.2) is 4.68 Å². The standard InChI is InChI=1S/C24H32N4O8/c29-8-2-9-33-11-13-35-15-16-36-14-12-34-10-7-25-19-4-1-3-18-17-26-28(24(32)22(18)19)20-5-6-21(30)27-23(20)31/h1,3-4,8,17,20,25H,2,5-7,9-16H2,(H,27,30,31). The summed E-state index contributed by atoms with van der Waals surface area (Å²) in [5, 5.41) is 10.7. The predicted octanol–water partition coefficient (Wildman–Crippen LogP) is 0.442. The molecule has 2 amide bonds. The monoisotopic (exact) mass is 504 g/mol. The van der Waals surface area contributed by atoms with Gasteiger partial charge in [0.15, 0.2) is 0 Å². The summed E-state index contributed by atoms with van der Waals surface area (Å²) >= 11 is 0. The van der Waals surface area contributed by atoms with E-state index in [-0.39, 0.29) is 18.7 Å². The van der Waals surface area contributed by atoms with E-state index in [1.54, 1.807) is 18.3 Å². The number of ether oxygens (including phenoxy) is 4. The highest BCUT2D eigenvalue weighted by Crippen LogP contribution is 2.21. The fourth-order valence-corrected chi connectivity index (χ4v) is 3.64. The number of imide groups is 1. The van der Waals surface area contributed by atoms with E-state index in [0.29, 0.717) is 82.3 Å². The number of carbonyl (C=O) groups is 3. The molecule has 0 aliphatic carbocycles. The quantitative estimate of drug-likeness (QED) is 0.177. The van der Waals surface area contributed by atoms with Gasteiger partial charge in [0.25, 0.3) is 11.5 Å². The Balaban J connectivity index is 1.37. The van der Waals surface area contributed by atoms with E-state index in [0.717, 1.165) is 11.0 Å². The number of amides is 2. The van der Waals surface area contributed by atoms with Crippen molar-refractivity contribution >= 4 is 34.6 Å². The first kappa shape index (κ1) is 27.4. The molecule has 0 saturated carbocycles. The summed E-state index contributed by atoms with van der Waals surface area (Å²) in [6.45, 7) is 3.91. The third kappa shape index (κ3) is 8.19. The number of nitrogens with one attached hydrogen (secondary N) is 2. The van der Waals surface area contributed by atoms with Gasteiger partial charge in [-0.05, 0) is 12.5 Å². The van der Waals surface area contributed by atoms with Crippen LogP contribution in [0.25, 0.3) is 10.8 Å². The molecule has 2 N–H and O–H groups in total. The van der Waals surface area contributed by atoms with E-state index in [4.69, 9.17) is 18.9 Å². The molecule has 0 spiro atoms. The molecule has 1 saturated heterocycles. The topological polar surface area (TPSA) is 147 Å². The summed E-state index contributed by atoms with van der Waals surface area (Å²) in [4.78, 5) is 47.0. The molecule has 1 aliphatic heterocycles. The third-order valence-electron chi connectivity index (χ3n) is 5.40. The molecule has 3 rings (SSSR count). The largest absolute Gasteiger partial charge is 0.382 e. The second kappa shape index (κ2) is 15.0. The lowest BCUT2D eigenvalue weighted by molar-refractivity contribution is -0.136. The van der Waals surface area contributed by atoms with Gasteiger partial charge in [-0.2, -0.15) is 5.10 Å². The van der Waals surface area contributed by atoms with Gasteiger partial charge >= 0.3 is 0 Å². The minimum absolute atomic E-state index is 0.162. The molecule has 36 heavy (non-hydrogen) atoms. The maximum Gasteiger partial charge on any atom is 0.277 e. The summed E-state index contributed by atoms with van der Waals surface area (Å²) in [5.41, 5.74) is 0.224. The Labute approximate surface area is 208 Å². The molecule has 1 aromatic heterocycles. The van der Waals surface area contributed by atoms with E-state index >= 15 is 0 Å². The number of rotatable bonds is 17. The zero-order chi connectivity index (χ0) is 25.6. The van der Waals surface area contributed by atoms with Crippen LogP contribution in [-0.2, 0) is 33.3 Å². The van der Waals surface area contributed by atoms with Crippen LogP contribution in [0.5, 0.6) is 0 Å². The van der Waals surface area contributed by atoms with Crippen LogP contribution in [-0.4, -0.2) is 87.3 Å². The number of hydrogen-bond donors (Lipinski definition) is 2. The summed E-state index contributed by atoms with van der Waals surface area (Å²) in [6.07, 6.45) is 3.15. The first-order valence-corrected chi connectivity index (χ1v) is 11.9. The van der Waals surface area contributed by atoms with Gasteiger partial charge in [0, 0.05) is 30.5 Å². The number of benzene rings is 1. The SMILES string of the molecule is O=CCCOCCOCCOCCOCCNc1cccc2cnn(C3CCC(=O)NC3=O)c(=O)c12. The molecule has 1 fully saturated rings. The van der Waals surface area contributed by atoms with Gasteiger partial charge < -0.3 is 29.1 Å². The van der Waals surface area contributed by atoms with Gasteiger partial charge in [-0.15, -0.1) is 0 Å². The van der Waals surface area contributed by atoms with Crippen LogP contribution in [0.3, 0.4) is 0 Å². The fourth-order valence-electron chi connectivity index (χ4n) is 3.64. The lowest BCUT2D eigenvalue weighted by Crippen LogP contribution is -2.45. The number of nitrogens with zero attached hydrogens (tertiary/aromatic N) is 2. The number of hydrogen-bond acceptors (Lipinski definition) is 10. The van der Waals surface area contributed by atoms with Gasteiger partial charge in [-0.3, -0.25) is 19.7 Å². The molecular weight excluding hydrogens is 472 g/mol. The molecule has 196 valence electrons. The van der Waals surface area contributed by atoms with Gasteiger partial charge in [0.05, 0.1) is 64.4 Å². The maximum atomic E-state index is 13.2. The van der Waals surface area contributed by atoms with Gasteiger partial charge in [0.2, 0.25) is 5.91 Å². The maximum absolute atomic E-state index is 13.2. The van der Waals surface area contributed by atoms with Crippen molar-refractivity contribution in [2.45, 2.75) is 25.3 Å². The highest BCUT2D eigenvalue weighted by Gasteiger charge is 2.30. The van der Waals surface area contributed by atoms with Crippen LogP contribution >= 0.6 is 0 Å². The Morgan fingerprint density at radius 2 is 1.64 bits per heavy atom. The van der Waals surface area contributed by atoms with Gasteiger partial charge in [-0.1, -0.05) is 12.1 Å². The molecule has 2 aromatic rings. The molecule has 12 nitrogen and oxygen atoms in total. The first-order valence-electron chi connectivity index (χ1n) is 11.9. The van der Waals surface area contributed by atoms with Crippen molar-refractivity contribution in [1.29, 1.82) is 0 Å². The van der Waals surface area contributed by atoms with Crippen molar-refractivity contribution in [1.82, 2.24) is 15.1 Å². The average molecular weight is 505 g/mol. The van der Waals surface area contributed by atoms with Crippen molar-refractivity contribution < 1.29 is 33.3 Å². The summed E-state index contributed by atoms with van der Waals surface area (Å²) < 4.78 is 22.7. The fraction of sp³-hybridized carbons (Fsp3) is 0.542. The molecule has 1 aliphatic rings. The normalized spacial score (nSPS) is 15.7. The number of aromatic nitrogens is 2. The van der Waals surface area contributed by atoms with Crippen molar-refractivity contribution in [3.63, 3.8) is 0 Å². The average Bonchev–Trinajstić information content (AvgIpc) is 2.87. The molecule has 0 radical (unpaired) electrons. The van der Waals surface area contributed by atoms with Crippen LogP contribution < -0.4 is 16.2 Å². The number of carbonyl (C=O) groups excluding carboxylic acids is 3. The number of piperidine rings is 1. The van der Waals surface area contributed by atoms with E-state index in [9.17, 15) is 19.2 Å². The zero-order valence-electron chi connectivity index (χ0n) is 20.1. The van der Waals surface area contributed by atoms with E-state index in [1.165, 1.54) is 0 Å². The Kier molecular flexibility index (Phi) is 11.4. The Bertz CT molecular complexity index is 1070. The minimum Gasteiger partial charge on any atom is -0.382 e. The lowest BCUT2D eigenvalue weighted by Gasteiger charge is -2.22. The van der Waals surface area contributed by atoms with Crippen LogP contribution in [0.2, 0.25) is 0 Å². The number of fused-ring (bicyclic) bond motifs is 1. The molecule has 0 bridgehead atoms. The van der Waals surface area contributed by atoms with Crippen LogP contribution in [0.4, 0.5) is 5.69 Å². The van der Waals surface area contributed by atoms with Crippen LogP contribution in [0.15, 0.2) is 29.2 Å². The van der Waals surface area contributed by atoms with E-state index < -0.39 is 17.5 Å². The van der Waals surface area contributed by atoms with E-state index in [1.807, 2.05) is 6.07 Å². The van der Waals surface area contributed by atoms with Crippen molar-refractivity contribution in [3.05, 3.63) is 34.7 Å². The third-order valence-corrected chi connectivity index (χ3v) is 5.40. The smallest absolute Gasteiger partial charge is 0.277 e. The van der Waals surface area contributed by atoms with Crippen LogP contribution in [0.1, 0.15) is 25.3 Å². The molecule has 2 heterocycles. The Morgan fingerprint density at radius 3 is 2.31 bits per heavy atom. The second-order valence-electron chi connectivity index (χ2n) is 7.96. The highest BCUT2D eigenvalue weighted by molar-refractivity contribution is 5.99. The molecule has 12 heteroatoms. The zero-order valence-corrected chi connectivity index (χ0v) is 20.1. The molecular formula is C24H32N4O8. The van der Waals surface area contributed by atoms with Crippen molar-refractivity contribution in [3.8, 4) is 0 Å². The summed E-state index contributed by atoms with van der Waals surface area (Å²) in [6, 6.07) is 4.57. The summed E-state index contributed by atoms with van der Waals surface area (Å²) in [5.74, 6) is -0.868. The predicted molar refractivity (Wildman–Crippen MR) is 130 cm³/mol. The Hall–Kier alpha value is -3.19. The molecule has 1 atom stereocenters. The summed E-state index contributed by atoms with van der Waals surface area (Å²) in [7, 11) is 0. The minimum atomic E-state index is -0.817. The lowest BCUT2D eigenvalue weighted by atomic mass is 10.1. The Morgan fingerprint density at radius 1 is 0.972 bits per heavy atom. The molecule has 1 unspecified atom stereocenters. The first-order chi connectivity index (χ1) is 17.6. The second-order valence-corrected chi connectivity index (χ2v) is 7.96.